The Balaban J connectivity index is 1.90. The Labute approximate surface area is 220 Å². The summed E-state index contributed by atoms with van der Waals surface area (Å²) in [5.41, 5.74) is 1.20. The number of carbonyl (C=O) groups excluding carboxylic acids is 1. The fraction of sp³-hybridized carbons (Fsp3) is 0.208. The number of pyridine rings is 1. The number of aryl methyl sites for hydroxylation is 1. The van der Waals surface area contributed by atoms with E-state index in [9.17, 15) is 31.0 Å². The van der Waals surface area contributed by atoms with Gasteiger partial charge in [0.2, 0.25) is 0 Å². The minimum Gasteiger partial charge on any atom is -0.340 e. The van der Waals surface area contributed by atoms with E-state index in [2.05, 4.69) is 14.8 Å². The Kier molecular flexibility index (Phi) is 7.70. The molecule has 2 N–H and O–H groups in total. The lowest BCUT2D eigenvalue weighted by atomic mass is 9.94. The average molecular weight is 572 g/mol. The number of anilines is 1. The summed E-state index contributed by atoms with van der Waals surface area (Å²) in [5, 5.41) is 6.90. The molecule has 2 heterocycles. The van der Waals surface area contributed by atoms with Gasteiger partial charge in [0.05, 0.1) is 27.7 Å². The van der Waals surface area contributed by atoms with E-state index in [-0.39, 0.29) is 22.1 Å². The summed E-state index contributed by atoms with van der Waals surface area (Å²) >= 11 is 6.42. The smallest absolute Gasteiger partial charge is 0.340 e. The van der Waals surface area contributed by atoms with E-state index < -0.39 is 47.2 Å². The number of alkyl halides is 3. The third-order valence-corrected chi connectivity index (χ3v) is 6.36. The van der Waals surface area contributed by atoms with Gasteiger partial charge in [-0.15, -0.1) is 0 Å². The van der Waals surface area contributed by atoms with Crippen LogP contribution in [0.15, 0.2) is 48.7 Å². The first kappa shape index (κ1) is 27.5. The van der Waals surface area contributed by atoms with Crippen molar-refractivity contribution in [2.75, 3.05) is 11.0 Å². The molecule has 0 saturated heterocycles. The normalized spacial score (nSPS) is 13.4. The number of hydrogen-bond acceptors (Lipinski definition) is 4. The van der Waals surface area contributed by atoms with Crippen molar-refractivity contribution < 1.29 is 31.0 Å². The summed E-state index contributed by atoms with van der Waals surface area (Å²) in [6, 6.07) is 7.37. The molecule has 14 heteroatoms. The molecule has 7 nitrogen and oxygen atoms in total. The van der Waals surface area contributed by atoms with Crippen molar-refractivity contribution in [3.8, 4) is 11.1 Å². The van der Waals surface area contributed by atoms with Crippen LogP contribution in [-0.2, 0) is 29.2 Å². The van der Waals surface area contributed by atoms with Gasteiger partial charge in [0.15, 0.2) is 5.82 Å². The molecule has 0 aliphatic rings. The molecule has 0 radical (unpaired) electrons. The van der Waals surface area contributed by atoms with Crippen LogP contribution in [0.4, 0.5) is 27.8 Å². The predicted octanol–water partition coefficient (Wildman–Crippen LogP) is 5.23. The number of nitrogens with zero attached hydrogens (tertiary/aromatic N) is 3. The van der Waals surface area contributed by atoms with E-state index in [1.165, 1.54) is 23.2 Å². The average Bonchev–Trinajstić information content (AvgIpc) is 3.13. The molecule has 0 aliphatic carbocycles. The number of halogens is 6. The highest BCUT2D eigenvalue weighted by molar-refractivity contribution is 7.85. The predicted molar refractivity (Wildman–Crippen MR) is 134 cm³/mol. The van der Waals surface area contributed by atoms with Crippen molar-refractivity contribution in [1.29, 1.82) is 0 Å². The molecule has 200 valence electrons. The molecule has 2 atom stereocenters. The summed E-state index contributed by atoms with van der Waals surface area (Å²) in [6.45, 7) is 0. The van der Waals surface area contributed by atoms with Gasteiger partial charge in [-0.05, 0) is 36.2 Å². The molecule has 0 spiro atoms. The van der Waals surface area contributed by atoms with Crippen LogP contribution in [0.25, 0.3) is 22.0 Å². The van der Waals surface area contributed by atoms with E-state index in [0.717, 1.165) is 12.1 Å². The largest absolute Gasteiger partial charge is 0.471 e. The molecule has 0 aliphatic heterocycles. The highest BCUT2D eigenvalue weighted by atomic mass is 35.5. The van der Waals surface area contributed by atoms with Crippen molar-refractivity contribution in [3.63, 3.8) is 0 Å². The van der Waals surface area contributed by atoms with Crippen LogP contribution >= 0.6 is 11.6 Å². The zero-order chi connectivity index (χ0) is 27.8. The Morgan fingerprint density at radius 2 is 1.82 bits per heavy atom. The third kappa shape index (κ3) is 5.78. The minimum atomic E-state index is -5.22. The van der Waals surface area contributed by atoms with Crippen molar-refractivity contribution in [3.05, 3.63) is 76.6 Å². The molecular formula is C24H19ClF5N5O2S. The van der Waals surface area contributed by atoms with Crippen molar-refractivity contribution in [2.45, 2.75) is 18.6 Å². The van der Waals surface area contributed by atoms with Gasteiger partial charge in [0.25, 0.3) is 0 Å². The van der Waals surface area contributed by atoms with Crippen LogP contribution in [0.3, 0.4) is 0 Å². The molecule has 1 unspecified atom stereocenters. The Hall–Kier alpha value is -3.58. The first-order valence-electron chi connectivity index (χ1n) is 10.9. The highest BCUT2D eigenvalue weighted by Crippen LogP contribution is 2.39. The van der Waals surface area contributed by atoms with Crippen LogP contribution in [0.1, 0.15) is 17.3 Å². The second kappa shape index (κ2) is 10.7. The quantitative estimate of drug-likeness (QED) is 0.297. The number of amides is 1. The highest BCUT2D eigenvalue weighted by Gasteiger charge is 2.40. The van der Waals surface area contributed by atoms with E-state index in [1.54, 1.807) is 25.2 Å². The molecule has 0 bridgehead atoms. The number of hydrogen-bond donors (Lipinski definition) is 2. The minimum absolute atomic E-state index is 0.00488. The number of rotatable bonds is 7. The van der Waals surface area contributed by atoms with Crippen LogP contribution < -0.4 is 10.0 Å². The van der Waals surface area contributed by atoms with Gasteiger partial charge in [0, 0.05) is 36.7 Å². The number of fused-ring (bicyclic) bond motifs is 1. The number of nitrogens with one attached hydrogen (secondary N) is 2. The second-order valence-electron chi connectivity index (χ2n) is 8.29. The lowest BCUT2D eigenvalue weighted by Gasteiger charge is -2.22. The molecule has 38 heavy (non-hydrogen) atoms. The van der Waals surface area contributed by atoms with Crippen molar-refractivity contribution >= 4 is 45.2 Å². The van der Waals surface area contributed by atoms with Crippen molar-refractivity contribution in [2.24, 2.45) is 7.05 Å². The van der Waals surface area contributed by atoms with Gasteiger partial charge in [-0.25, -0.2) is 13.0 Å². The van der Waals surface area contributed by atoms with Crippen LogP contribution in [0.5, 0.6) is 0 Å². The van der Waals surface area contributed by atoms with Crippen LogP contribution in [-0.4, -0.2) is 37.3 Å². The van der Waals surface area contributed by atoms with E-state index in [4.69, 9.17) is 11.6 Å². The molecule has 4 rings (SSSR count). The fourth-order valence-electron chi connectivity index (χ4n) is 4.15. The Morgan fingerprint density at radius 1 is 1.13 bits per heavy atom. The molecule has 2 aromatic heterocycles. The van der Waals surface area contributed by atoms with Gasteiger partial charge in [0.1, 0.15) is 22.6 Å². The standard InChI is InChI=1S/C24H19ClF5N5O2S/c1-35-21-16(5-6-17(25)19(21)22(33-35)34-38(2)37)15-4-3-7-31-20(15)18(32-23(36)24(28,29)30)10-12-8-13(26)11-14(27)9-12/h3-9,11,18H,10H2,1-2H3,(H,32,36)(H,33,34)/t18-,38?/m0/s1. The van der Waals surface area contributed by atoms with Gasteiger partial charge >= 0.3 is 12.1 Å². The molecule has 4 aromatic rings. The van der Waals surface area contributed by atoms with E-state index in [0.29, 0.717) is 28.1 Å². The molecular weight excluding hydrogens is 553 g/mol. The number of carbonyl (C=O) groups is 1. The molecule has 0 saturated carbocycles. The zero-order valence-corrected chi connectivity index (χ0v) is 21.3. The zero-order valence-electron chi connectivity index (χ0n) is 19.7. The van der Waals surface area contributed by atoms with Crippen molar-refractivity contribution in [1.82, 2.24) is 20.1 Å². The lowest BCUT2D eigenvalue weighted by Crippen LogP contribution is -2.40. The van der Waals surface area contributed by atoms with Gasteiger partial charge < -0.3 is 5.32 Å². The molecule has 1 amide bonds. The fourth-order valence-corrected chi connectivity index (χ4v) is 4.80. The second-order valence-corrected chi connectivity index (χ2v) is 9.81. The first-order valence-corrected chi connectivity index (χ1v) is 12.8. The SMILES string of the molecule is Cn1nc(NS(C)=O)c2c(Cl)ccc(-c3cccnc3[C@H](Cc3cc(F)cc(F)c3)NC(=O)C(F)(F)F)c21. The van der Waals surface area contributed by atoms with Crippen LogP contribution in [0, 0.1) is 11.6 Å². The summed E-state index contributed by atoms with van der Waals surface area (Å²) in [7, 11) is 0.113. The number of aromatic nitrogens is 3. The van der Waals surface area contributed by atoms with E-state index in [1.807, 2.05) is 5.32 Å². The maximum absolute atomic E-state index is 13.9. The molecule has 2 aromatic carbocycles. The van der Waals surface area contributed by atoms with Gasteiger partial charge in [-0.3, -0.25) is 19.2 Å². The number of benzene rings is 2. The Bertz CT molecular complexity index is 1540. The van der Waals surface area contributed by atoms with Gasteiger partial charge in [-0.1, -0.05) is 23.7 Å². The maximum atomic E-state index is 13.9. The maximum Gasteiger partial charge on any atom is 0.471 e. The topological polar surface area (TPSA) is 88.9 Å². The van der Waals surface area contributed by atoms with Gasteiger partial charge in [-0.2, -0.15) is 18.3 Å². The van der Waals surface area contributed by atoms with Crippen LogP contribution in [0.2, 0.25) is 5.02 Å². The lowest BCUT2D eigenvalue weighted by molar-refractivity contribution is -0.174. The Morgan fingerprint density at radius 3 is 2.45 bits per heavy atom. The summed E-state index contributed by atoms with van der Waals surface area (Å²) in [5.74, 6) is -3.87. The summed E-state index contributed by atoms with van der Waals surface area (Å²) in [4.78, 5) is 16.2. The third-order valence-electron chi connectivity index (χ3n) is 5.56. The monoisotopic (exact) mass is 571 g/mol. The van der Waals surface area contributed by atoms with E-state index >= 15 is 0 Å². The first-order chi connectivity index (χ1) is 17.8. The summed E-state index contributed by atoms with van der Waals surface area (Å²) < 4.78 is 83.3. The molecule has 0 fully saturated rings. The summed E-state index contributed by atoms with van der Waals surface area (Å²) in [6.07, 6.45) is -2.89.